The van der Waals surface area contributed by atoms with Crippen molar-refractivity contribution in [3.05, 3.63) is 35.9 Å². The Labute approximate surface area is 126 Å². The Morgan fingerprint density at radius 3 is 2.67 bits per heavy atom. The minimum Gasteiger partial charge on any atom is -0.444 e. The van der Waals surface area contributed by atoms with E-state index in [0.29, 0.717) is 5.92 Å². The van der Waals surface area contributed by atoms with Crippen LogP contribution >= 0.6 is 0 Å². The van der Waals surface area contributed by atoms with Crippen LogP contribution in [0.2, 0.25) is 0 Å². The lowest BCUT2D eigenvalue weighted by Crippen LogP contribution is -2.47. The molecule has 0 aromatic heterocycles. The standard InChI is InChI=1S/C17H24N2O2/c1-17(2,3)21-16(20)18-14-13-9-10-19(11-13)15(14)12-7-5-4-6-8-12/h4-8,13-15H,9-11H2,1-3H3,(H,18,20)/t13-,14+,15+/m0/s1. The van der Waals surface area contributed by atoms with Gasteiger partial charge in [0.2, 0.25) is 0 Å². The van der Waals surface area contributed by atoms with E-state index < -0.39 is 5.60 Å². The van der Waals surface area contributed by atoms with Crippen LogP contribution in [-0.2, 0) is 4.74 Å². The third-order valence-corrected chi connectivity index (χ3v) is 4.32. The third kappa shape index (κ3) is 3.05. The molecule has 21 heavy (non-hydrogen) atoms. The second-order valence-electron chi connectivity index (χ2n) is 7.07. The molecular formula is C17H24N2O2. The van der Waals surface area contributed by atoms with Gasteiger partial charge in [-0.15, -0.1) is 0 Å². The average Bonchev–Trinajstić information content (AvgIpc) is 2.98. The van der Waals surface area contributed by atoms with E-state index >= 15 is 0 Å². The summed E-state index contributed by atoms with van der Waals surface area (Å²) in [5, 5.41) is 3.11. The largest absolute Gasteiger partial charge is 0.444 e. The molecule has 3 rings (SSSR count). The smallest absolute Gasteiger partial charge is 0.407 e. The maximum absolute atomic E-state index is 12.1. The van der Waals surface area contributed by atoms with Gasteiger partial charge < -0.3 is 10.1 Å². The van der Waals surface area contributed by atoms with E-state index in [0.717, 1.165) is 19.5 Å². The summed E-state index contributed by atoms with van der Waals surface area (Å²) < 4.78 is 5.42. The Balaban J connectivity index is 1.75. The molecule has 2 bridgehead atoms. The number of piperidine rings is 1. The van der Waals surface area contributed by atoms with E-state index in [9.17, 15) is 4.79 Å². The van der Waals surface area contributed by atoms with Gasteiger partial charge in [-0.3, -0.25) is 4.90 Å². The van der Waals surface area contributed by atoms with Gasteiger partial charge in [-0.1, -0.05) is 30.3 Å². The van der Waals surface area contributed by atoms with Gasteiger partial charge in [0, 0.05) is 6.54 Å². The first-order valence-electron chi connectivity index (χ1n) is 7.72. The van der Waals surface area contributed by atoms with Crippen LogP contribution < -0.4 is 5.32 Å². The molecule has 1 aromatic rings. The molecule has 2 aliphatic heterocycles. The van der Waals surface area contributed by atoms with Crippen LogP contribution in [0.1, 0.15) is 38.8 Å². The molecular weight excluding hydrogens is 264 g/mol. The molecule has 0 spiro atoms. The zero-order chi connectivity index (χ0) is 15.0. The van der Waals surface area contributed by atoms with Crippen LogP contribution in [0.25, 0.3) is 0 Å². The predicted octanol–water partition coefficient (Wildman–Crippen LogP) is 2.96. The molecule has 1 unspecified atom stereocenters. The van der Waals surface area contributed by atoms with E-state index in [-0.39, 0.29) is 18.2 Å². The Morgan fingerprint density at radius 2 is 2.00 bits per heavy atom. The maximum Gasteiger partial charge on any atom is 0.407 e. The van der Waals surface area contributed by atoms with Crippen LogP contribution in [-0.4, -0.2) is 35.7 Å². The zero-order valence-corrected chi connectivity index (χ0v) is 13.0. The minimum absolute atomic E-state index is 0.149. The zero-order valence-electron chi connectivity index (χ0n) is 13.0. The predicted molar refractivity (Wildman–Crippen MR) is 82.0 cm³/mol. The summed E-state index contributed by atoms with van der Waals surface area (Å²) in [5.41, 5.74) is 0.824. The Kier molecular flexibility index (Phi) is 3.66. The lowest BCUT2D eigenvalue weighted by atomic mass is 9.89. The number of ether oxygens (including phenoxy) is 1. The molecule has 2 aliphatic rings. The second-order valence-corrected chi connectivity index (χ2v) is 7.07. The fraction of sp³-hybridized carbons (Fsp3) is 0.588. The molecule has 0 saturated carbocycles. The summed E-state index contributed by atoms with van der Waals surface area (Å²) >= 11 is 0. The molecule has 0 aliphatic carbocycles. The van der Waals surface area contributed by atoms with E-state index in [1.165, 1.54) is 5.56 Å². The van der Waals surface area contributed by atoms with Crippen LogP contribution in [0.3, 0.4) is 0 Å². The second kappa shape index (κ2) is 5.34. The maximum atomic E-state index is 12.1. The SMILES string of the molecule is CC(C)(C)OC(=O)N[C@@H]1[C@H]2CCN(C2)[C@@H]1c1ccccc1. The number of alkyl carbamates (subject to hydrolysis) is 1. The van der Waals surface area contributed by atoms with E-state index in [2.05, 4.69) is 34.5 Å². The molecule has 4 nitrogen and oxygen atoms in total. The molecule has 2 saturated heterocycles. The van der Waals surface area contributed by atoms with Gasteiger partial charge in [0.05, 0.1) is 12.1 Å². The lowest BCUT2D eigenvalue weighted by molar-refractivity contribution is 0.0467. The van der Waals surface area contributed by atoms with Crippen LogP contribution in [0, 0.1) is 5.92 Å². The number of hydrogen-bond acceptors (Lipinski definition) is 3. The highest BCUT2D eigenvalue weighted by molar-refractivity contribution is 5.68. The summed E-state index contributed by atoms with van der Waals surface area (Å²) in [6.07, 6.45) is 0.853. The Bertz CT molecular complexity index is 509. The molecule has 1 aromatic carbocycles. The number of benzene rings is 1. The number of rotatable bonds is 2. The number of nitrogens with zero attached hydrogens (tertiary/aromatic N) is 1. The minimum atomic E-state index is -0.454. The monoisotopic (exact) mass is 288 g/mol. The van der Waals surface area contributed by atoms with E-state index in [1.54, 1.807) is 0 Å². The molecule has 4 atom stereocenters. The average molecular weight is 288 g/mol. The quantitative estimate of drug-likeness (QED) is 0.909. The Hall–Kier alpha value is -1.55. The molecule has 4 heteroatoms. The van der Waals surface area contributed by atoms with Gasteiger partial charge in [-0.05, 0) is 45.2 Å². The first kappa shape index (κ1) is 14.4. The van der Waals surface area contributed by atoms with Gasteiger partial charge in [-0.2, -0.15) is 0 Å². The first-order valence-corrected chi connectivity index (χ1v) is 7.72. The van der Waals surface area contributed by atoms with Crippen molar-refractivity contribution in [3.8, 4) is 0 Å². The fourth-order valence-electron chi connectivity index (χ4n) is 3.55. The van der Waals surface area contributed by atoms with Crippen molar-refractivity contribution in [1.29, 1.82) is 0 Å². The van der Waals surface area contributed by atoms with Crippen LogP contribution in [0.5, 0.6) is 0 Å². The molecule has 114 valence electrons. The lowest BCUT2D eigenvalue weighted by Gasteiger charge is -2.33. The van der Waals surface area contributed by atoms with Gasteiger partial charge >= 0.3 is 6.09 Å². The van der Waals surface area contributed by atoms with Crippen LogP contribution in [0.15, 0.2) is 30.3 Å². The number of fused-ring (bicyclic) bond motifs is 2. The van der Waals surface area contributed by atoms with Crippen molar-refractivity contribution in [1.82, 2.24) is 10.2 Å². The topological polar surface area (TPSA) is 41.6 Å². The van der Waals surface area contributed by atoms with E-state index in [4.69, 9.17) is 4.74 Å². The van der Waals surface area contributed by atoms with Gasteiger partial charge in [0.25, 0.3) is 0 Å². The molecule has 1 N–H and O–H groups in total. The third-order valence-electron chi connectivity index (χ3n) is 4.32. The van der Waals surface area contributed by atoms with E-state index in [1.807, 2.05) is 26.8 Å². The summed E-state index contributed by atoms with van der Waals surface area (Å²) in [5.74, 6) is 0.530. The highest BCUT2D eigenvalue weighted by atomic mass is 16.6. The summed E-state index contributed by atoms with van der Waals surface area (Å²) in [7, 11) is 0. The van der Waals surface area contributed by atoms with Crippen molar-refractivity contribution in [2.75, 3.05) is 13.1 Å². The number of amides is 1. The first-order chi connectivity index (χ1) is 9.94. The van der Waals surface area contributed by atoms with Crippen LogP contribution in [0.4, 0.5) is 4.79 Å². The van der Waals surface area contributed by atoms with Crippen molar-refractivity contribution in [2.24, 2.45) is 5.92 Å². The van der Waals surface area contributed by atoms with Crippen molar-refractivity contribution in [3.63, 3.8) is 0 Å². The number of carbonyl (C=O) groups excluding carboxylic acids is 1. The van der Waals surface area contributed by atoms with Crippen molar-refractivity contribution < 1.29 is 9.53 Å². The highest BCUT2D eigenvalue weighted by Crippen LogP contribution is 2.42. The van der Waals surface area contributed by atoms with Gasteiger partial charge in [-0.25, -0.2) is 4.79 Å². The highest BCUT2D eigenvalue weighted by Gasteiger charge is 2.47. The fourth-order valence-corrected chi connectivity index (χ4v) is 3.55. The molecule has 2 heterocycles. The van der Waals surface area contributed by atoms with Gasteiger partial charge in [0.15, 0.2) is 0 Å². The molecule has 1 amide bonds. The summed E-state index contributed by atoms with van der Waals surface area (Å²) in [4.78, 5) is 14.6. The normalized spacial score (nSPS) is 31.2. The molecule has 2 fully saturated rings. The van der Waals surface area contributed by atoms with Crippen molar-refractivity contribution >= 4 is 6.09 Å². The summed E-state index contributed by atoms with van der Waals surface area (Å²) in [6, 6.07) is 10.9. The summed E-state index contributed by atoms with van der Waals surface area (Å²) in [6.45, 7) is 7.87. The number of carbonyl (C=O) groups is 1. The number of hydrogen-bond donors (Lipinski definition) is 1. The van der Waals surface area contributed by atoms with Crippen molar-refractivity contribution in [2.45, 2.75) is 44.9 Å². The Morgan fingerprint density at radius 1 is 1.29 bits per heavy atom. The molecule has 0 radical (unpaired) electrons. The van der Waals surface area contributed by atoms with Gasteiger partial charge in [0.1, 0.15) is 5.60 Å². The number of nitrogens with one attached hydrogen (secondary N) is 1.